The van der Waals surface area contributed by atoms with Crippen molar-refractivity contribution in [2.45, 2.75) is 19.3 Å². The van der Waals surface area contributed by atoms with Crippen LogP contribution < -0.4 is 10.6 Å². The van der Waals surface area contributed by atoms with Crippen molar-refractivity contribution >= 4 is 39.1 Å². The monoisotopic (exact) mass is 385 g/mol. The summed E-state index contributed by atoms with van der Waals surface area (Å²) in [6.07, 6.45) is 0.719. The molecule has 0 aromatic heterocycles. The average Bonchev–Trinajstić information content (AvgIpc) is 2.55. The minimum atomic E-state index is -0.409. The molecular weight excluding hydrogens is 370 g/mol. The van der Waals surface area contributed by atoms with Gasteiger partial charge in [-0.25, -0.2) is 0 Å². The second-order valence-electron chi connectivity index (χ2n) is 5.11. The molecule has 0 atom stereocenters. The molecule has 6 heteroatoms. The highest BCUT2D eigenvalue weighted by molar-refractivity contribution is 9.10. The maximum absolute atomic E-state index is 12.1. The zero-order valence-electron chi connectivity index (χ0n) is 12.9. The smallest absolute Gasteiger partial charge is 0.238 e. The molecule has 0 heterocycles. The van der Waals surface area contributed by atoms with Gasteiger partial charge in [0.25, 0.3) is 0 Å². The van der Waals surface area contributed by atoms with E-state index in [2.05, 4.69) is 26.6 Å². The zero-order chi connectivity index (χ0) is 17.4. The van der Waals surface area contributed by atoms with Crippen LogP contribution in [-0.2, 0) is 16.0 Å². The summed E-state index contributed by atoms with van der Waals surface area (Å²) in [7, 11) is 0. The zero-order valence-corrected chi connectivity index (χ0v) is 14.5. The molecule has 2 N–H and O–H groups in total. The van der Waals surface area contributed by atoms with Crippen molar-refractivity contribution in [1.29, 1.82) is 5.26 Å². The van der Waals surface area contributed by atoms with E-state index < -0.39 is 5.91 Å². The van der Waals surface area contributed by atoms with Crippen LogP contribution in [-0.4, -0.2) is 11.8 Å². The van der Waals surface area contributed by atoms with E-state index in [1.54, 1.807) is 30.3 Å². The van der Waals surface area contributed by atoms with E-state index in [4.69, 9.17) is 5.26 Å². The van der Waals surface area contributed by atoms with Crippen molar-refractivity contribution in [2.75, 3.05) is 10.6 Å². The minimum absolute atomic E-state index is 0.142. The van der Waals surface area contributed by atoms with Gasteiger partial charge in [-0.3, -0.25) is 9.59 Å². The fourth-order valence-electron chi connectivity index (χ4n) is 2.13. The van der Waals surface area contributed by atoms with Crippen LogP contribution in [0.25, 0.3) is 0 Å². The van der Waals surface area contributed by atoms with Crippen molar-refractivity contribution in [3.8, 4) is 6.07 Å². The predicted molar refractivity (Wildman–Crippen MR) is 96.4 cm³/mol. The first-order valence-corrected chi connectivity index (χ1v) is 8.18. The lowest BCUT2D eigenvalue weighted by Crippen LogP contribution is -2.16. The lowest BCUT2D eigenvalue weighted by atomic mass is 10.1. The van der Waals surface area contributed by atoms with E-state index in [0.29, 0.717) is 24.2 Å². The predicted octanol–water partition coefficient (Wildman–Crippen LogP) is 3.87. The lowest BCUT2D eigenvalue weighted by molar-refractivity contribution is -0.116. The van der Waals surface area contributed by atoms with Crippen LogP contribution in [0.1, 0.15) is 18.4 Å². The standard InChI is InChI=1S/C18H16BrN3O2/c19-14-5-3-4-13(12-14)8-9-17(23)21-15-6-1-2-7-16(15)22-18(24)10-11-20/h1-7,12H,8-10H2,(H,21,23)(H,22,24). The summed E-state index contributed by atoms with van der Waals surface area (Å²) in [5.41, 5.74) is 2.06. The number of nitriles is 1. The lowest BCUT2D eigenvalue weighted by Gasteiger charge is -2.11. The number of hydrogen-bond acceptors (Lipinski definition) is 3. The molecule has 0 radical (unpaired) electrons. The van der Waals surface area contributed by atoms with Crippen molar-refractivity contribution in [3.05, 3.63) is 58.6 Å². The number of carbonyl (C=O) groups is 2. The Bertz CT molecular complexity index is 784. The minimum Gasteiger partial charge on any atom is -0.324 e. The Balaban J connectivity index is 1.96. The summed E-state index contributed by atoms with van der Waals surface area (Å²) >= 11 is 3.40. The van der Waals surface area contributed by atoms with Crippen molar-refractivity contribution in [1.82, 2.24) is 0 Å². The number of hydrogen-bond donors (Lipinski definition) is 2. The van der Waals surface area contributed by atoms with E-state index in [0.717, 1.165) is 10.0 Å². The highest BCUT2D eigenvalue weighted by Gasteiger charge is 2.09. The van der Waals surface area contributed by atoms with Gasteiger partial charge in [0.1, 0.15) is 6.42 Å². The van der Waals surface area contributed by atoms with Crippen LogP contribution in [0.15, 0.2) is 53.0 Å². The van der Waals surface area contributed by atoms with Crippen LogP contribution in [0.3, 0.4) is 0 Å². The summed E-state index contributed by atoms with van der Waals surface area (Å²) in [4.78, 5) is 23.7. The molecule has 24 heavy (non-hydrogen) atoms. The fraction of sp³-hybridized carbons (Fsp3) is 0.167. The van der Waals surface area contributed by atoms with Gasteiger partial charge in [0.15, 0.2) is 0 Å². The Morgan fingerprint density at radius 3 is 2.29 bits per heavy atom. The van der Waals surface area contributed by atoms with Crippen LogP contribution in [0.4, 0.5) is 11.4 Å². The second-order valence-corrected chi connectivity index (χ2v) is 6.02. The van der Waals surface area contributed by atoms with Crippen molar-refractivity contribution in [3.63, 3.8) is 0 Å². The van der Waals surface area contributed by atoms with Crippen LogP contribution >= 0.6 is 15.9 Å². The molecule has 0 unspecified atom stereocenters. The van der Waals surface area contributed by atoms with Crippen molar-refractivity contribution < 1.29 is 9.59 Å². The SMILES string of the molecule is N#CCC(=O)Nc1ccccc1NC(=O)CCc1cccc(Br)c1. The first-order valence-electron chi connectivity index (χ1n) is 7.38. The molecule has 2 aromatic rings. The number of anilines is 2. The van der Waals surface area contributed by atoms with E-state index >= 15 is 0 Å². The molecule has 0 saturated heterocycles. The quantitative estimate of drug-likeness (QED) is 0.791. The Morgan fingerprint density at radius 2 is 1.67 bits per heavy atom. The summed E-state index contributed by atoms with van der Waals surface area (Å²) in [5, 5.41) is 14.0. The third-order valence-electron chi connectivity index (χ3n) is 3.24. The first kappa shape index (κ1) is 17.7. The maximum atomic E-state index is 12.1. The second kappa shape index (κ2) is 8.85. The average molecular weight is 386 g/mol. The Kier molecular flexibility index (Phi) is 6.52. The maximum Gasteiger partial charge on any atom is 0.238 e. The van der Waals surface area contributed by atoms with Gasteiger partial charge in [-0.15, -0.1) is 0 Å². The number of para-hydroxylation sites is 2. The van der Waals surface area contributed by atoms with Gasteiger partial charge in [0.05, 0.1) is 17.4 Å². The molecule has 0 spiro atoms. The number of benzene rings is 2. The molecule has 0 bridgehead atoms. The van der Waals surface area contributed by atoms with Gasteiger partial charge in [-0.2, -0.15) is 5.26 Å². The molecule has 2 aromatic carbocycles. The molecule has 0 fully saturated rings. The summed E-state index contributed by atoms with van der Waals surface area (Å²) in [5.74, 6) is -0.551. The van der Waals surface area contributed by atoms with Gasteiger partial charge in [0, 0.05) is 10.9 Å². The molecule has 0 saturated carbocycles. The van der Waals surface area contributed by atoms with E-state index in [9.17, 15) is 9.59 Å². The summed E-state index contributed by atoms with van der Waals surface area (Å²) < 4.78 is 0.978. The van der Waals surface area contributed by atoms with Crippen LogP contribution in [0.2, 0.25) is 0 Å². The number of halogens is 1. The number of rotatable bonds is 6. The number of carbonyl (C=O) groups excluding carboxylic acids is 2. The fourth-order valence-corrected chi connectivity index (χ4v) is 2.58. The molecule has 2 rings (SSSR count). The topological polar surface area (TPSA) is 82.0 Å². The highest BCUT2D eigenvalue weighted by Crippen LogP contribution is 2.21. The Morgan fingerprint density at radius 1 is 1.00 bits per heavy atom. The van der Waals surface area contributed by atoms with Gasteiger partial charge >= 0.3 is 0 Å². The summed E-state index contributed by atoms with van der Waals surface area (Å²) in [6.45, 7) is 0. The number of nitrogens with zero attached hydrogens (tertiary/aromatic N) is 1. The van der Waals surface area contributed by atoms with Crippen LogP contribution in [0, 0.1) is 11.3 Å². The van der Waals surface area contributed by atoms with E-state index in [1.165, 1.54) is 0 Å². The van der Waals surface area contributed by atoms with E-state index in [-0.39, 0.29) is 12.3 Å². The summed E-state index contributed by atoms with van der Waals surface area (Å²) in [6, 6.07) is 16.5. The third-order valence-corrected chi connectivity index (χ3v) is 3.74. The normalized spacial score (nSPS) is 9.83. The molecule has 0 aliphatic rings. The first-order chi connectivity index (χ1) is 11.6. The molecular formula is C18H16BrN3O2. The van der Waals surface area contributed by atoms with Gasteiger partial charge in [-0.05, 0) is 36.2 Å². The Hall–Kier alpha value is -2.65. The Labute approximate surface area is 148 Å². The highest BCUT2D eigenvalue weighted by atomic mass is 79.9. The number of aryl methyl sites for hydroxylation is 1. The van der Waals surface area contributed by atoms with Gasteiger partial charge < -0.3 is 10.6 Å². The molecule has 2 amide bonds. The van der Waals surface area contributed by atoms with Gasteiger partial charge in [-0.1, -0.05) is 40.2 Å². The third kappa shape index (κ3) is 5.52. The molecule has 0 aliphatic carbocycles. The van der Waals surface area contributed by atoms with Crippen LogP contribution in [0.5, 0.6) is 0 Å². The molecule has 0 aliphatic heterocycles. The molecule has 122 valence electrons. The van der Waals surface area contributed by atoms with Crippen molar-refractivity contribution in [2.24, 2.45) is 0 Å². The van der Waals surface area contributed by atoms with E-state index in [1.807, 2.05) is 24.3 Å². The molecule has 5 nitrogen and oxygen atoms in total. The number of amides is 2. The number of nitrogens with one attached hydrogen (secondary N) is 2. The van der Waals surface area contributed by atoms with Gasteiger partial charge in [0.2, 0.25) is 11.8 Å². The largest absolute Gasteiger partial charge is 0.324 e.